The third-order valence-corrected chi connectivity index (χ3v) is 8.79. The second-order valence-electron chi connectivity index (χ2n) is 13.1. The molecule has 0 radical (unpaired) electrons. The van der Waals surface area contributed by atoms with Crippen molar-refractivity contribution in [2.24, 2.45) is 10.8 Å². The van der Waals surface area contributed by atoms with E-state index >= 15 is 0 Å². The Morgan fingerprint density at radius 1 is 0.854 bits per heavy atom. The molecular formula is C34H39Cl2NO4. The Hall–Kier alpha value is -2.60. The van der Waals surface area contributed by atoms with Crippen LogP contribution < -0.4 is 4.74 Å². The summed E-state index contributed by atoms with van der Waals surface area (Å²) in [6, 6.07) is 13.1. The van der Waals surface area contributed by atoms with E-state index in [0.29, 0.717) is 59.5 Å². The van der Waals surface area contributed by atoms with E-state index < -0.39 is 5.92 Å². The summed E-state index contributed by atoms with van der Waals surface area (Å²) < 4.78 is 11.8. The molecule has 2 aromatic rings. The van der Waals surface area contributed by atoms with Gasteiger partial charge in [0.25, 0.3) is 0 Å². The van der Waals surface area contributed by atoms with Crippen LogP contribution in [0.1, 0.15) is 76.8 Å². The lowest BCUT2D eigenvalue weighted by atomic mass is 9.63. The van der Waals surface area contributed by atoms with Gasteiger partial charge in [-0.05, 0) is 66.0 Å². The van der Waals surface area contributed by atoms with Crippen molar-refractivity contribution < 1.29 is 19.1 Å². The summed E-state index contributed by atoms with van der Waals surface area (Å²) in [6.45, 7) is 10.2. The van der Waals surface area contributed by atoms with E-state index in [2.05, 4.69) is 32.6 Å². The molecule has 41 heavy (non-hydrogen) atoms. The number of rotatable bonds is 8. The molecule has 0 aromatic heterocycles. The maximum Gasteiger partial charge on any atom is 0.162 e. The fraction of sp³-hybridized carbons (Fsp3) is 0.471. The highest BCUT2D eigenvalue weighted by Crippen LogP contribution is 2.55. The summed E-state index contributed by atoms with van der Waals surface area (Å²) in [6.07, 6.45) is 3.15. The number of ketones is 2. The SMILES string of the molecule is COCCCN1C2=C(C(=O)CC(C)(C)C2)C(c2cc(Cl)ccc2OCc2cccc(Cl)c2)C2=C1CC(C)(C)CC2=O. The number of hydrogen-bond acceptors (Lipinski definition) is 5. The summed E-state index contributed by atoms with van der Waals surface area (Å²) in [5, 5.41) is 1.17. The molecule has 0 atom stereocenters. The number of hydrogen-bond donors (Lipinski definition) is 0. The fourth-order valence-corrected chi connectivity index (χ4v) is 7.05. The van der Waals surface area contributed by atoms with Crippen LogP contribution in [-0.4, -0.2) is 36.7 Å². The summed E-state index contributed by atoms with van der Waals surface area (Å²) in [5.41, 5.74) is 4.79. The minimum atomic E-state index is -0.529. The molecule has 1 aliphatic heterocycles. The molecule has 5 nitrogen and oxygen atoms in total. The maximum atomic E-state index is 14.1. The van der Waals surface area contributed by atoms with E-state index in [4.69, 9.17) is 32.7 Å². The molecule has 0 spiro atoms. The van der Waals surface area contributed by atoms with Crippen LogP contribution >= 0.6 is 23.2 Å². The molecule has 0 N–H and O–H groups in total. The van der Waals surface area contributed by atoms with Gasteiger partial charge in [-0.3, -0.25) is 9.59 Å². The molecule has 5 rings (SSSR count). The Labute approximate surface area is 253 Å². The number of carbonyl (C=O) groups excluding carboxylic acids is 2. The van der Waals surface area contributed by atoms with E-state index in [1.807, 2.05) is 36.4 Å². The van der Waals surface area contributed by atoms with Gasteiger partial charge in [0.05, 0.1) is 0 Å². The van der Waals surface area contributed by atoms with Crippen LogP contribution in [0.25, 0.3) is 0 Å². The van der Waals surface area contributed by atoms with Crippen LogP contribution in [0.2, 0.25) is 10.0 Å². The monoisotopic (exact) mass is 595 g/mol. The first-order valence-electron chi connectivity index (χ1n) is 14.3. The zero-order valence-electron chi connectivity index (χ0n) is 24.6. The number of allylic oxidation sites excluding steroid dienone is 4. The van der Waals surface area contributed by atoms with E-state index in [1.165, 1.54) is 0 Å². The van der Waals surface area contributed by atoms with Gasteiger partial charge in [0, 0.05) is 77.2 Å². The fourth-order valence-electron chi connectivity index (χ4n) is 6.66. The Balaban J connectivity index is 1.69. The van der Waals surface area contributed by atoms with Gasteiger partial charge in [0.15, 0.2) is 11.6 Å². The van der Waals surface area contributed by atoms with Crippen molar-refractivity contribution in [2.75, 3.05) is 20.3 Å². The lowest BCUT2D eigenvalue weighted by molar-refractivity contribution is -0.119. The first-order chi connectivity index (χ1) is 19.4. The van der Waals surface area contributed by atoms with Crippen LogP contribution in [0.15, 0.2) is 65.0 Å². The standard InChI is InChI=1S/C34H39Cl2NO4/c1-33(2)16-25-31(27(38)18-33)30(32-26(37(25)12-7-13-40-5)17-34(3,4)19-28(32)39)24-15-23(36)10-11-29(24)41-20-21-8-6-9-22(35)14-21/h6,8-11,14-15,30H,7,12-13,16-20H2,1-5H3. The highest BCUT2D eigenvalue weighted by molar-refractivity contribution is 6.31. The molecule has 2 aliphatic carbocycles. The quantitative estimate of drug-likeness (QED) is 0.287. The summed E-state index contributed by atoms with van der Waals surface area (Å²) in [5.74, 6) is 0.256. The van der Waals surface area contributed by atoms with Gasteiger partial charge in [-0.25, -0.2) is 0 Å². The average Bonchev–Trinajstić information content (AvgIpc) is 2.87. The molecule has 218 valence electrons. The van der Waals surface area contributed by atoms with E-state index in [-0.39, 0.29) is 22.4 Å². The molecule has 0 saturated heterocycles. The number of Topliss-reactive ketones (excluding diaryl/α,β-unsaturated/α-hetero) is 2. The zero-order chi connectivity index (χ0) is 29.5. The minimum absolute atomic E-state index is 0.0861. The number of halogens is 2. The molecule has 3 aliphatic rings. The molecule has 0 amide bonds. The number of carbonyl (C=O) groups is 2. The van der Waals surface area contributed by atoms with E-state index in [0.717, 1.165) is 41.8 Å². The van der Waals surface area contributed by atoms with E-state index in [1.54, 1.807) is 13.2 Å². The van der Waals surface area contributed by atoms with Gasteiger partial charge in [-0.2, -0.15) is 0 Å². The molecule has 0 unspecified atom stereocenters. The van der Waals surface area contributed by atoms with Gasteiger partial charge in [-0.15, -0.1) is 0 Å². The maximum absolute atomic E-state index is 14.1. The van der Waals surface area contributed by atoms with Crippen molar-refractivity contribution in [1.82, 2.24) is 4.90 Å². The lowest BCUT2D eigenvalue weighted by Gasteiger charge is -2.49. The largest absolute Gasteiger partial charge is 0.489 e. The number of methoxy groups -OCH3 is 1. The Kier molecular flexibility index (Phi) is 8.44. The average molecular weight is 597 g/mol. The van der Waals surface area contributed by atoms with Gasteiger partial charge in [0.2, 0.25) is 0 Å². The Morgan fingerprint density at radius 3 is 2.05 bits per heavy atom. The first kappa shape index (κ1) is 29.9. The number of ether oxygens (including phenoxy) is 2. The molecule has 0 saturated carbocycles. The van der Waals surface area contributed by atoms with Crippen molar-refractivity contribution >= 4 is 34.8 Å². The van der Waals surface area contributed by atoms with Crippen molar-refractivity contribution in [2.45, 2.75) is 72.3 Å². The number of benzene rings is 2. The normalized spacial score (nSPS) is 20.3. The minimum Gasteiger partial charge on any atom is -0.489 e. The second-order valence-corrected chi connectivity index (χ2v) is 14.0. The smallest absolute Gasteiger partial charge is 0.162 e. The predicted octanol–water partition coefficient (Wildman–Crippen LogP) is 8.29. The van der Waals surface area contributed by atoms with Gasteiger partial charge in [0.1, 0.15) is 12.4 Å². The van der Waals surface area contributed by atoms with Crippen molar-refractivity contribution in [1.29, 1.82) is 0 Å². The summed E-state index contributed by atoms with van der Waals surface area (Å²) >= 11 is 12.8. The topological polar surface area (TPSA) is 55.8 Å². The first-order valence-corrected chi connectivity index (χ1v) is 15.1. The van der Waals surface area contributed by atoms with Crippen LogP contribution in [0.4, 0.5) is 0 Å². The van der Waals surface area contributed by atoms with Gasteiger partial charge in [-0.1, -0.05) is 63.0 Å². The number of nitrogens with zero attached hydrogens (tertiary/aromatic N) is 1. The third kappa shape index (κ3) is 6.28. The second kappa shape index (κ2) is 11.6. The van der Waals surface area contributed by atoms with E-state index in [9.17, 15) is 9.59 Å². The summed E-state index contributed by atoms with van der Waals surface area (Å²) in [4.78, 5) is 30.5. The third-order valence-electron chi connectivity index (χ3n) is 8.32. The summed E-state index contributed by atoms with van der Waals surface area (Å²) in [7, 11) is 1.70. The molecule has 0 bridgehead atoms. The zero-order valence-corrected chi connectivity index (χ0v) is 26.1. The van der Waals surface area contributed by atoms with Crippen LogP contribution in [0.3, 0.4) is 0 Å². The molecular weight excluding hydrogens is 557 g/mol. The van der Waals surface area contributed by atoms with Gasteiger partial charge < -0.3 is 14.4 Å². The lowest BCUT2D eigenvalue weighted by Crippen LogP contribution is -2.44. The van der Waals surface area contributed by atoms with Crippen molar-refractivity contribution in [3.8, 4) is 5.75 Å². The predicted molar refractivity (Wildman–Crippen MR) is 163 cm³/mol. The van der Waals surface area contributed by atoms with Crippen molar-refractivity contribution in [3.05, 3.63) is 86.2 Å². The highest BCUT2D eigenvalue weighted by atomic mass is 35.5. The molecule has 2 aromatic carbocycles. The van der Waals surface area contributed by atoms with Gasteiger partial charge >= 0.3 is 0 Å². The molecule has 0 fully saturated rings. The Morgan fingerprint density at radius 2 is 1.46 bits per heavy atom. The van der Waals surface area contributed by atoms with Crippen LogP contribution in [0, 0.1) is 10.8 Å². The molecule has 1 heterocycles. The highest BCUT2D eigenvalue weighted by Gasteiger charge is 2.49. The van der Waals surface area contributed by atoms with Crippen LogP contribution in [0.5, 0.6) is 5.75 Å². The molecule has 7 heteroatoms. The Bertz CT molecular complexity index is 1380. The van der Waals surface area contributed by atoms with Crippen LogP contribution in [-0.2, 0) is 20.9 Å². The van der Waals surface area contributed by atoms with Crippen molar-refractivity contribution in [3.63, 3.8) is 0 Å².